The highest BCUT2D eigenvalue weighted by molar-refractivity contribution is 6.39. The van der Waals surface area contributed by atoms with Gasteiger partial charge in [0.15, 0.2) is 11.5 Å². The van der Waals surface area contributed by atoms with E-state index in [0.717, 1.165) is 16.0 Å². The van der Waals surface area contributed by atoms with Crippen molar-refractivity contribution < 1.29 is 28.6 Å². The zero-order chi connectivity index (χ0) is 27.9. The van der Waals surface area contributed by atoms with Crippen molar-refractivity contribution >= 4 is 41.2 Å². The lowest BCUT2D eigenvalue weighted by Crippen LogP contribution is -2.54. The Morgan fingerprint density at radius 3 is 2.46 bits per heavy atom. The fourth-order valence-electron chi connectivity index (χ4n) is 4.07. The van der Waals surface area contributed by atoms with Gasteiger partial charge in [-0.25, -0.2) is 9.69 Å². The second-order valence-electron chi connectivity index (χ2n) is 8.51. The first-order chi connectivity index (χ1) is 18.8. The number of carbonyl (C=O) groups is 3. The third-order valence-electron chi connectivity index (χ3n) is 5.83. The van der Waals surface area contributed by atoms with Gasteiger partial charge in [0, 0.05) is 10.6 Å². The third kappa shape index (κ3) is 6.30. The summed E-state index contributed by atoms with van der Waals surface area (Å²) in [5.74, 6) is -0.0187. The summed E-state index contributed by atoms with van der Waals surface area (Å²) in [7, 11) is 1.51. The maximum atomic E-state index is 13.3. The number of ether oxygens (including phenoxy) is 3. The highest BCUT2D eigenvalue weighted by Gasteiger charge is 2.37. The molecular weight excluding hydrogens is 520 g/mol. The molecule has 1 N–H and O–H groups in total. The molecule has 3 aromatic carbocycles. The van der Waals surface area contributed by atoms with E-state index in [0.29, 0.717) is 46.5 Å². The van der Waals surface area contributed by atoms with E-state index in [1.54, 1.807) is 48.5 Å². The van der Waals surface area contributed by atoms with Crippen LogP contribution in [0.25, 0.3) is 6.08 Å². The number of hydrogen-bond acceptors (Lipinski definition) is 6. The third-order valence-corrected chi connectivity index (χ3v) is 6.07. The van der Waals surface area contributed by atoms with Crippen LogP contribution in [0.2, 0.25) is 5.02 Å². The van der Waals surface area contributed by atoms with Crippen LogP contribution in [0, 0.1) is 0 Å². The van der Waals surface area contributed by atoms with E-state index in [1.807, 2.05) is 25.1 Å². The van der Waals surface area contributed by atoms with Gasteiger partial charge in [0.05, 0.1) is 19.4 Å². The van der Waals surface area contributed by atoms with E-state index < -0.39 is 17.8 Å². The number of nitrogens with zero attached hydrogens (tertiary/aromatic N) is 1. The molecule has 3 aromatic rings. The number of urea groups is 1. The van der Waals surface area contributed by atoms with E-state index in [1.165, 1.54) is 13.2 Å². The molecule has 0 atom stereocenters. The van der Waals surface area contributed by atoms with Gasteiger partial charge in [-0.15, -0.1) is 6.58 Å². The van der Waals surface area contributed by atoms with Crippen molar-refractivity contribution in [2.24, 2.45) is 0 Å². The summed E-state index contributed by atoms with van der Waals surface area (Å²) in [4.78, 5) is 39.5. The molecule has 0 bridgehead atoms. The van der Waals surface area contributed by atoms with Gasteiger partial charge < -0.3 is 14.2 Å². The zero-order valence-corrected chi connectivity index (χ0v) is 22.3. The topological polar surface area (TPSA) is 94.2 Å². The number of imide groups is 2. The molecule has 1 heterocycles. The minimum absolute atomic E-state index is 0.204. The summed E-state index contributed by atoms with van der Waals surface area (Å²) < 4.78 is 17.2. The molecule has 0 saturated carbocycles. The summed E-state index contributed by atoms with van der Waals surface area (Å²) in [6.45, 7) is 6.29. The average Bonchev–Trinajstić information content (AvgIpc) is 2.91. The molecule has 8 nitrogen and oxygen atoms in total. The second-order valence-corrected chi connectivity index (χ2v) is 8.94. The van der Waals surface area contributed by atoms with Crippen LogP contribution in [-0.2, 0) is 22.6 Å². The molecule has 0 aromatic heterocycles. The van der Waals surface area contributed by atoms with Crippen LogP contribution < -0.4 is 24.4 Å². The molecular formula is C30H27ClN2O6. The van der Waals surface area contributed by atoms with Gasteiger partial charge in [-0.1, -0.05) is 29.8 Å². The van der Waals surface area contributed by atoms with Crippen LogP contribution in [0.5, 0.6) is 17.2 Å². The van der Waals surface area contributed by atoms with E-state index in [2.05, 4.69) is 11.9 Å². The highest BCUT2D eigenvalue weighted by Crippen LogP contribution is 2.36. The van der Waals surface area contributed by atoms with Crippen LogP contribution in [0.3, 0.4) is 0 Å². The number of anilines is 1. The standard InChI is InChI=1S/C30H27ClN2O6/c1-4-7-21-14-20(17-26(38-5-2)27(21)39-18-19-8-6-9-22(31)15-19)16-25-28(34)32-30(36)33(29(25)35)23-10-12-24(37-3)13-11-23/h4,6,8-17H,1,5,7,18H2,2-3H3,(H,32,34,36)/b25-16+. The Kier molecular flexibility index (Phi) is 8.68. The lowest BCUT2D eigenvalue weighted by molar-refractivity contribution is -0.122. The maximum absolute atomic E-state index is 13.3. The van der Waals surface area contributed by atoms with Crippen LogP contribution in [0.1, 0.15) is 23.6 Å². The molecule has 200 valence electrons. The number of carbonyl (C=O) groups excluding carboxylic acids is 3. The first kappa shape index (κ1) is 27.5. The number of halogens is 1. The first-order valence-corrected chi connectivity index (χ1v) is 12.6. The molecule has 0 aliphatic carbocycles. The molecule has 39 heavy (non-hydrogen) atoms. The van der Waals surface area contributed by atoms with Gasteiger partial charge in [0.1, 0.15) is 17.9 Å². The van der Waals surface area contributed by atoms with Gasteiger partial charge in [-0.3, -0.25) is 14.9 Å². The lowest BCUT2D eigenvalue weighted by atomic mass is 10.0. The van der Waals surface area contributed by atoms with Crippen molar-refractivity contribution in [1.82, 2.24) is 5.32 Å². The molecule has 1 aliphatic rings. The van der Waals surface area contributed by atoms with Crippen molar-refractivity contribution in [3.8, 4) is 17.2 Å². The number of benzene rings is 3. The number of barbiturate groups is 1. The molecule has 0 spiro atoms. The zero-order valence-electron chi connectivity index (χ0n) is 21.5. The van der Waals surface area contributed by atoms with Crippen molar-refractivity contribution in [2.45, 2.75) is 20.0 Å². The number of methoxy groups -OCH3 is 1. The molecule has 1 saturated heterocycles. The molecule has 4 amide bonds. The molecule has 0 radical (unpaired) electrons. The summed E-state index contributed by atoms with van der Waals surface area (Å²) in [5, 5.41) is 2.84. The van der Waals surface area contributed by atoms with Gasteiger partial charge in [-0.2, -0.15) is 0 Å². The van der Waals surface area contributed by atoms with E-state index in [-0.39, 0.29) is 12.2 Å². The summed E-state index contributed by atoms with van der Waals surface area (Å²) >= 11 is 6.11. The molecule has 1 aliphatic heterocycles. The van der Waals surface area contributed by atoms with Gasteiger partial charge in [0.2, 0.25) is 0 Å². The van der Waals surface area contributed by atoms with Gasteiger partial charge >= 0.3 is 6.03 Å². The SMILES string of the molecule is C=CCc1cc(/C=C2\C(=O)NC(=O)N(c3ccc(OC)cc3)C2=O)cc(OCC)c1OCc1cccc(Cl)c1. The van der Waals surface area contributed by atoms with Crippen molar-refractivity contribution in [2.75, 3.05) is 18.6 Å². The van der Waals surface area contributed by atoms with Crippen LogP contribution in [0.15, 0.2) is 78.9 Å². The Balaban J connectivity index is 1.71. The van der Waals surface area contributed by atoms with Crippen molar-refractivity contribution in [3.05, 3.63) is 101 Å². The Bertz CT molecular complexity index is 1450. The smallest absolute Gasteiger partial charge is 0.335 e. The van der Waals surface area contributed by atoms with Gasteiger partial charge in [0.25, 0.3) is 11.8 Å². The minimum Gasteiger partial charge on any atom is -0.497 e. The van der Waals surface area contributed by atoms with E-state index >= 15 is 0 Å². The molecule has 0 unspecified atom stereocenters. The van der Waals surface area contributed by atoms with Crippen molar-refractivity contribution in [1.29, 1.82) is 0 Å². The summed E-state index contributed by atoms with van der Waals surface area (Å²) in [5.41, 5.74) is 2.24. The van der Waals surface area contributed by atoms with E-state index in [4.69, 9.17) is 25.8 Å². The van der Waals surface area contributed by atoms with E-state index in [9.17, 15) is 14.4 Å². The largest absolute Gasteiger partial charge is 0.497 e. The average molecular weight is 547 g/mol. The van der Waals surface area contributed by atoms with Gasteiger partial charge in [-0.05, 0) is 79.1 Å². The second kappa shape index (κ2) is 12.3. The molecule has 1 fully saturated rings. The Labute approximate surface area is 231 Å². The fraction of sp³-hybridized carbons (Fsp3) is 0.167. The quantitative estimate of drug-likeness (QED) is 0.198. The number of hydrogen-bond donors (Lipinski definition) is 1. The van der Waals surface area contributed by atoms with Crippen LogP contribution >= 0.6 is 11.6 Å². The highest BCUT2D eigenvalue weighted by atomic mass is 35.5. The number of nitrogens with one attached hydrogen (secondary N) is 1. The monoisotopic (exact) mass is 546 g/mol. The molecule has 4 rings (SSSR count). The van der Waals surface area contributed by atoms with Crippen LogP contribution in [0.4, 0.5) is 10.5 Å². The Morgan fingerprint density at radius 1 is 1.03 bits per heavy atom. The fourth-order valence-corrected chi connectivity index (χ4v) is 4.29. The van der Waals surface area contributed by atoms with Crippen molar-refractivity contribution in [3.63, 3.8) is 0 Å². The normalized spacial score (nSPS) is 14.3. The Morgan fingerprint density at radius 2 is 1.79 bits per heavy atom. The maximum Gasteiger partial charge on any atom is 0.335 e. The summed E-state index contributed by atoms with van der Waals surface area (Å²) in [6.07, 6.45) is 3.59. The predicted octanol–water partition coefficient (Wildman–Crippen LogP) is 5.72. The number of amides is 4. The Hall–Kier alpha value is -4.56. The lowest BCUT2D eigenvalue weighted by Gasteiger charge is -2.26. The van der Waals surface area contributed by atoms with Crippen LogP contribution in [-0.4, -0.2) is 31.6 Å². The number of allylic oxidation sites excluding steroid dienone is 1. The number of rotatable bonds is 10. The molecule has 9 heteroatoms. The minimum atomic E-state index is -0.834. The summed E-state index contributed by atoms with van der Waals surface area (Å²) in [6, 6.07) is 16.4. The predicted molar refractivity (Wildman–Crippen MR) is 149 cm³/mol. The first-order valence-electron chi connectivity index (χ1n) is 12.2.